The first-order chi connectivity index (χ1) is 11.7. The minimum atomic E-state index is 0.0264. The van der Waals surface area contributed by atoms with E-state index in [2.05, 4.69) is 27.3 Å². The topological polar surface area (TPSA) is 77.7 Å². The number of H-pyrrole nitrogens is 2. The number of rotatable bonds is 3. The maximum Gasteiger partial charge on any atom is 0.275 e. The van der Waals surface area contributed by atoms with Crippen LogP contribution in [0.25, 0.3) is 10.9 Å². The minimum absolute atomic E-state index is 0.0264. The molecule has 124 valence electrons. The molecule has 0 radical (unpaired) electrons. The number of fused-ring (bicyclic) bond motifs is 1. The van der Waals surface area contributed by atoms with E-state index in [4.69, 9.17) is 0 Å². The molecule has 6 nitrogen and oxygen atoms in total. The largest absolute Gasteiger partial charge is 0.337 e. The number of aromatic nitrogens is 4. The number of amides is 1. The average Bonchev–Trinajstić information content (AvgIpc) is 3.21. The van der Waals surface area contributed by atoms with E-state index in [1.807, 2.05) is 35.4 Å². The summed E-state index contributed by atoms with van der Waals surface area (Å²) in [7, 11) is 0. The Morgan fingerprint density at radius 3 is 3.04 bits per heavy atom. The minimum Gasteiger partial charge on any atom is -0.337 e. The van der Waals surface area contributed by atoms with Crippen molar-refractivity contribution in [3.8, 4) is 0 Å². The van der Waals surface area contributed by atoms with Gasteiger partial charge in [0.05, 0.1) is 11.7 Å². The monoisotopic (exact) mass is 323 g/mol. The first kappa shape index (κ1) is 14.9. The van der Waals surface area contributed by atoms with Crippen molar-refractivity contribution in [1.82, 2.24) is 25.3 Å². The van der Waals surface area contributed by atoms with Gasteiger partial charge in [-0.25, -0.2) is 0 Å². The van der Waals surface area contributed by atoms with Crippen LogP contribution in [0.1, 0.15) is 34.6 Å². The highest BCUT2D eigenvalue weighted by molar-refractivity contribution is 6.04. The SMILES string of the molecule is Cc1cn[nH]c1CC1CCCN(C(=O)c2n[nH]c3ccccc23)C1. The highest BCUT2D eigenvalue weighted by atomic mass is 16.2. The van der Waals surface area contributed by atoms with Gasteiger partial charge in [0, 0.05) is 24.2 Å². The molecule has 1 amide bonds. The van der Waals surface area contributed by atoms with Gasteiger partial charge in [0.25, 0.3) is 5.91 Å². The highest BCUT2D eigenvalue weighted by Crippen LogP contribution is 2.24. The Balaban J connectivity index is 1.51. The lowest BCUT2D eigenvalue weighted by molar-refractivity contribution is 0.0668. The zero-order valence-corrected chi connectivity index (χ0v) is 13.7. The Labute approximate surface area is 140 Å². The molecule has 6 heteroatoms. The molecule has 0 aliphatic carbocycles. The molecule has 1 aromatic carbocycles. The van der Waals surface area contributed by atoms with Gasteiger partial charge in [-0.2, -0.15) is 10.2 Å². The zero-order valence-electron chi connectivity index (χ0n) is 13.7. The molecule has 2 aromatic heterocycles. The summed E-state index contributed by atoms with van der Waals surface area (Å²) in [5.74, 6) is 0.491. The summed E-state index contributed by atoms with van der Waals surface area (Å²) in [5, 5.41) is 15.3. The zero-order chi connectivity index (χ0) is 16.5. The number of aryl methyl sites for hydroxylation is 1. The smallest absolute Gasteiger partial charge is 0.275 e. The van der Waals surface area contributed by atoms with E-state index in [1.165, 1.54) is 11.3 Å². The van der Waals surface area contributed by atoms with Crippen LogP contribution in [0.4, 0.5) is 0 Å². The molecule has 1 saturated heterocycles. The van der Waals surface area contributed by atoms with Crippen molar-refractivity contribution < 1.29 is 4.79 Å². The van der Waals surface area contributed by atoms with Crippen LogP contribution < -0.4 is 0 Å². The van der Waals surface area contributed by atoms with Gasteiger partial charge in [0.1, 0.15) is 0 Å². The normalized spacial score (nSPS) is 18.2. The molecule has 4 rings (SSSR count). The van der Waals surface area contributed by atoms with E-state index in [9.17, 15) is 4.79 Å². The number of hydrogen-bond acceptors (Lipinski definition) is 3. The maximum absolute atomic E-state index is 12.9. The Morgan fingerprint density at radius 2 is 2.21 bits per heavy atom. The average molecular weight is 323 g/mol. The number of para-hydroxylation sites is 1. The predicted octanol–water partition coefficient (Wildman–Crippen LogP) is 2.69. The van der Waals surface area contributed by atoms with E-state index >= 15 is 0 Å². The van der Waals surface area contributed by atoms with Crippen molar-refractivity contribution in [3.05, 3.63) is 47.4 Å². The molecule has 0 spiro atoms. The van der Waals surface area contributed by atoms with Gasteiger partial charge in [-0.3, -0.25) is 15.0 Å². The van der Waals surface area contributed by atoms with Crippen LogP contribution in [0.15, 0.2) is 30.5 Å². The fourth-order valence-corrected chi connectivity index (χ4v) is 3.56. The molecule has 1 unspecified atom stereocenters. The molecular weight excluding hydrogens is 302 g/mol. The third-order valence-electron chi connectivity index (χ3n) is 4.91. The number of carbonyl (C=O) groups excluding carboxylic acids is 1. The third-order valence-corrected chi connectivity index (χ3v) is 4.91. The van der Waals surface area contributed by atoms with Gasteiger partial charge >= 0.3 is 0 Å². The van der Waals surface area contributed by atoms with Crippen LogP contribution in [0.3, 0.4) is 0 Å². The molecule has 1 aliphatic rings. The number of likely N-dealkylation sites (tertiary alicyclic amines) is 1. The van der Waals surface area contributed by atoms with Crippen LogP contribution in [-0.4, -0.2) is 44.3 Å². The summed E-state index contributed by atoms with van der Waals surface area (Å²) >= 11 is 0. The Morgan fingerprint density at radius 1 is 1.33 bits per heavy atom. The standard InChI is InChI=1S/C18H21N5O/c1-12-10-19-20-16(12)9-13-5-4-8-23(11-13)18(24)17-14-6-2-3-7-15(14)21-22-17/h2-3,6-7,10,13H,4-5,8-9,11H2,1H3,(H,19,20)(H,21,22). The van der Waals surface area contributed by atoms with Gasteiger partial charge in [-0.1, -0.05) is 18.2 Å². The number of nitrogens with one attached hydrogen (secondary N) is 2. The second-order valence-corrected chi connectivity index (χ2v) is 6.61. The molecule has 2 N–H and O–H groups in total. The molecule has 24 heavy (non-hydrogen) atoms. The Kier molecular flexibility index (Phi) is 3.80. The summed E-state index contributed by atoms with van der Waals surface area (Å²) in [5.41, 5.74) is 3.81. The van der Waals surface area contributed by atoms with Gasteiger partial charge in [-0.05, 0) is 43.7 Å². The Bertz CT molecular complexity index is 865. The van der Waals surface area contributed by atoms with Crippen LogP contribution in [0.5, 0.6) is 0 Å². The number of nitrogens with zero attached hydrogens (tertiary/aromatic N) is 3. The van der Waals surface area contributed by atoms with Gasteiger partial charge < -0.3 is 4.90 Å². The summed E-state index contributed by atoms with van der Waals surface area (Å²) in [6.45, 7) is 3.65. The lowest BCUT2D eigenvalue weighted by atomic mass is 9.92. The van der Waals surface area contributed by atoms with Crippen LogP contribution in [0, 0.1) is 12.8 Å². The van der Waals surface area contributed by atoms with E-state index in [0.717, 1.165) is 43.3 Å². The van der Waals surface area contributed by atoms with Crippen molar-refractivity contribution in [2.24, 2.45) is 5.92 Å². The highest BCUT2D eigenvalue weighted by Gasteiger charge is 2.27. The number of benzene rings is 1. The first-order valence-corrected chi connectivity index (χ1v) is 8.43. The first-order valence-electron chi connectivity index (χ1n) is 8.43. The molecule has 1 aliphatic heterocycles. The van der Waals surface area contributed by atoms with Gasteiger partial charge in [-0.15, -0.1) is 0 Å². The van der Waals surface area contributed by atoms with E-state index < -0.39 is 0 Å². The number of aromatic amines is 2. The van der Waals surface area contributed by atoms with Crippen molar-refractivity contribution in [2.75, 3.05) is 13.1 Å². The van der Waals surface area contributed by atoms with E-state index in [1.54, 1.807) is 0 Å². The molecule has 3 aromatic rings. The lowest BCUT2D eigenvalue weighted by Crippen LogP contribution is -2.40. The van der Waals surface area contributed by atoms with Crippen molar-refractivity contribution in [1.29, 1.82) is 0 Å². The fourth-order valence-electron chi connectivity index (χ4n) is 3.56. The number of carbonyl (C=O) groups is 1. The molecule has 1 fully saturated rings. The summed E-state index contributed by atoms with van der Waals surface area (Å²) in [6.07, 6.45) is 4.98. The molecule has 1 atom stereocenters. The summed E-state index contributed by atoms with van der Waals surface area (Å²) in [4.78, 5) is 14.9. The quantitative estimate of drug-likeness (QED) is 0.778. The maximum atomic E-state index is 12.9. The molecule has 0 bridgehead atoms. The van der Waals surface area contributed by atoms with Crippen LogP contribution >= 0.6 is 0 Å². The van der Waals surface area contributed by atoms with Crippen molar-refractivity contribution in [2.45, 2.75) is 26.2 Å². The number of piperidine rings is 1. The Hall–Kier alpha value is -2.63. The number of hydrogen-bond donors (Lipinski definition) is 2. The van der Waals surface area contributed by atoms with Crippen LogP contribution in [0.2, 0.25) is 0 Å². The summed E-state index contributed by atoms with van der Waals surface area (Å²) in [6, 6.07) is 7.77. The van der Waals surface area contributed by atoms with Crippen LogP contribution in [-0.2, 0) is 6.42 Å². The van der Waals surface area contributed by atoms with Gasteiger partial charge in [0.2, 0.25) is 0 Å². The summed E-state index contributed by atoms with van der Waals surface area (Å²) < 4.78 is 0. The molecular formula is C18H21N5O. The second kappa shape index (κ2) is 6.11. The van der Waals surface area contributed by atoms with E-state index in [0.29, 0.717) is 11.6 Å². The van der Waals surface area contributed by atoms with Gasteiger partial charge in [0.15, 0.2) is 5.69 Å². The lowest BCUT2D eigenvalue weighted by Gasteiger charge is -2.32. The predicted molar refractivity (Wildman–Crippen MR) is 91.7 cm³/mol. The second-order valence-electron chi connectivity index (χ2n) is 6.61. The van der Waals surface area contributed by atoms with E-state index in [-0.39, 0.29) is 5.91 Å². The molecule has 3 heterocycles. The third kappa shape index (κ3) is 2.68. The van der Waals surface area contributed by atoms with Crippen molar-refractivity contribution in [3.63, 3.8) is 0 Å². The fraction of sp³-hybridized carbons (Fsp3) is 0.389. The van der Waals surface area contributed by atoms with Crippen molar-refractivity contribution >= 4 is 16.8 Å². The molecule has 0 saturated carbocycles.